The summed E-state index contributed by atoms with van der Waals surface area (Å²) in [6, 6.07) is 12.1. The third-order valence-electron chi connectivity index (χ3n) is 4.95. The van der Waals surface area contributed by atoms with Gasteiger partial charge in [-0.25, -0.2) is 9.59 Å². The SMILES string of the molecule is CCOC(=O)C1=C(C(=O)OCC)N(c2ccc(Br)cc2)C(c2ccccc2)(C(F)(F)F)NC1=O. The molecule has 1 aliphatic rings. The van der Waals surface area contributed by atoms with Gasteiger partial charge in [-0.05, 0) is 38.1 Å². The topological polar surface area (TPSA) is 84.9 Å². The number of halogens is 4. The third kappa shape index (κ3) is 4.39. The number of ether oxygens (including phenoxy) is 2. The minimum atomic E-state index is -5.16. The molecular formula is C23H20BrF3N2O5. The Morgan fingerprint density at radius 2 is 1.53 bits per heavy atom. The zero-order chi connectivity index (χ0) is 25.1. The van der Waals surface area contributed by atoms with Crippen molar-refractivity contribution in [3.8, 4) is 0 Å². The molecule has 0 saturated heterocycles. The minimum absolute atomic E-state index is 0.130. The fourth-order valence-corrected chi connectivity index (χ4v) is 3.87. The molecule has 1 atom stereocenters. The number of alkyl halides is 3. The van der Waals surface area contributed by atoms with Gasteiger partial charge in [-0.3, -0.25) is 9.69 Å². The molecule has 2 aromatic rings. The maximum absolute atomic E-state index is 15.0. The van der Waals surface area contributed by atoms with Crippen molar-refractivity contribution in [3.63, 3.8) is 0 Å². The van der Waals surface area contributed by atoms with Crippen LogP contribution in [-0.2, 0) is 29.5 Å². The second kappa shape index (κ2) is 9.88. The van der Waals surface area contributed by atoms with Crippen LogP contribution in [-0.4, -0.2) is 37.2 Å². The quantitative estimate of drug-likeness (QED) is 0.437. The molecule has 0 bridgehead atoms. The number of nitrogens with zero attached hydrogens (tertiary/aromatic N) is 1. The molecule has 7 nitrogen and oxygen atoms in total. The monoisotopic (exact) mass is 540 g/mol. The van der Waals surface area contributed by atoms with Crippen molar-refractivity contribution in [1.29, 1.82) is 0 Å². The molecule has 1 heterocycles. The summed E-state index contributed by atoms with van der Waals surface area (Å²) in [5.41, 5.74) is -5.53. The molecule has 0 aromatic heterocycles. The number of hydrogen-bond donors (Lipinski definition) is 1. The molecule has 0 radical (unpaired) electrons. The van der Waals surface area contributed by atoms with Gasteiger partial charge in [0.1, 0.15) is 0 Å². The summed E-state index contributed by atoms with van der Waals surface area (Å²) in [5.74, 6) is -3.96. The number of benzene rings is 2. The van der Waals surface area contributed by atoms with E-state index in [9.17, 15) is 14.4 Å². The minimum Gasteiger partial charge on any atom is -0.462 e. The predicted octanol–water partition coefficient (Wildman–Crippen LogP) is 4.18. The van der Waals surface area contributed by atoms with Gasteiger partial charge in [-0.2, -0.15) is 13.2 Å². The van der Waals surface area contributed by atoms with Crippen molar-refractivity contribution in [2.75, 3.05) is 18.1 Å². The number of carbonyl (C=O) groups is 3. The average molecular weight is 541 g/mol. The zero-order valence-corrected chi connectivity index (χ0v) is 19.7. The highest BCUT2D eigenvalue weighted by Gasteiger charge is 2.66. The Hall–Kier alpha value is -3.34. The molecule has 34 heavy (non-hydrogen) atoms. The lowest BCUT2D eigenvalue weighted by atomic mass is 9.90. The third-order valence-corrected chi connectivity index (χ3v) is 5.48. The maximum Gasteiger partial charge on any atom is 0.435 e. The van der Waals surface area contributed by atoms with Gasteiger partial charge in [0.2, 0.25) is 5.66 Å². The van der Waals surface area contributed by atoms with E-state index < -0.39 is 41.0 Å². The highest BCUT2D eigenvalue weighted by Crippen LogP contribution is 2.48. The van der Waals surface area contributed by atoms with Crippen LogP contribution in [0.5, 0.6) is 0 Å². The van der Waals surface area contributed by atoms with E-state index in [1.165, 1.54) is 56.3 Å². The highest BCUT2D eigenvalue weighted by atomic mass is 79.9. The molecular weight excluding hydrogens is 521 g/mol. The van der Waals surface area contributed by atoms with Crippen molar-refractivity contribution in [2.45, 2.75) is 25.7 Å². The lowest BCUT2D eigenvalue weighted by Gasteiger charge is -2.49. The van der Waals surface area contributed by atoms with Crippen LogP contribution in [0.15, 0.2) is 70.3 Å². The van der Waals surface area contributed by atoms with E-state index in [4.69, 9.17) is 9.47 Å². The van der Waals surface area contributed by atoms with E-state index in [2.05, 4.69) is 15.9 Å². The number of esters is 2. The Morgan fingerprint density at radius 3 is 2.06 bits per heavy atom. The van der Waals surface area contributed by atoms with Gasteiger partial charge in [-0.1, -0.05) is 46.3 Å². The first-order valence-corrected chi connectivity index (χ1v) is 11.0. The molecule has 0 aliphatic carbocycles. The Bertz CT molecular complexity index is 1120. The van der Waals surface area contributed by atoms with E-state index in [0.29, 0.717) is 9.37 Å². The molecule has 3 rings (SSSR count). The molecule has 11 heteroatoms. The summed E-state index contributed by atoms with van der Waals surface area (Å²) < 4.78 is 55.5. The van der Waals surface area contributed by atoms with Gasteiger partial charge in [-0.15, -0.1) is 0 Å². The summed E-state index contributed by atoms with van der Waals surface area (Å²) in [6.07, 6.45) is -5.16. The van der Waals surface area contributed by atoms with Crippen LogP contribution in [0.1, 0.15) is 19.4 Å². The molecule has 1 N–H and O–H groups in total. The number of carbonyl (C=O) groups excluding carboxylic acids is 3. The molecule has 0 fully saturated rings. The number of nitrogens with one attached hydrogen (secondary N) is 1. The van der Waals surface area contributed by atoms with Crippen LogP contribution in [0.2, 0.25) is 0 Å². The van der Waals surface area contributed by atoms with Crippen LogP contribution in [0.25, 0.3) is 0 Å². The van der Waals surface area contributed by atoms with Crippen molar-refractivity contribution < 1.29 is 37.0 Å². The number of rotatable bonds is 6. The fourth-order valence-electron chi connectivity index (χ4n) is 3.61. The van der Waals surface area contributed by atoms with E-state index in [1.807, 2.05) is 5.32 Å². The fraction of sp³-hybridized carbons (Fsp3) is 0.261. The van der Waals surface area contributed by atoms with Crippen LogP contribution in [0.3, 0.4) is 0 Å². The molecule has 1 unspecified atom stereocenters. The lowest BCUT2D eigenvalue weighted by molar-refractivity contribution is -0.203. The Kier molecular flexibility index (Phi) is 7.35. The second-order valence-corrected chi connectivity index (χ2v) is 7.92. The molecule has 1 amide bonds. The first-order valence-electron chi connectivity index (χ1n) is 10.2. The Balaban J connectivity index is 2.48. The van der Waals surface area contributed by atoms with Crippen LogP contribution in [0, 0.1) is 0 Å². The number of amides is 1. The number of anilines is 1. The Labute approximate surface area is 201 Å². The highest BCUT2D eigenvalue weighted by molar-refractivity contribution is 9.10. The Morgan fingerprint density at radius 1 is 0.971 bits per heavy atom. The van der Waals surface area contributed by atoms with Gasteiger partial charge in [0, 0.05) is 15.7 Å². The maximum atomic E-state index is 15.0. The molecule has 180 valence electrons. The molecule has 1 aliphatic heterocycles. The van der Waals surface area contributed by atoms with Gasteiger partial charge in [0.15, 0.2) is 11.3 Å². The second-order valence-electron chi connectivity index (χ2n) is 7.00. The summed E-state index contributed by atoms with van der Waals surface area (Å²) >= 11 is 3.23. The summed E-state index contributed by atoms with van der Waals surface area (Å²) in [4.78, 5) is 39.4. The van der Waals surface area contributed by atoms with E-state index in [0.717, 1.165) is 12.1 Å². The predicted molar refractivity (Wildman–Crippen MR) is 119 cm³/mol. The van der Waals surface area contributed by atoms with Gasteiger partial charge < -0.3 is 14.8 Å². The summed E-state index contributed by atoms with van der Waals surface area (Å²) in [5, 5.41) is 1.95. The normalized spacial score (nSPS) is 18.4. The average Bonchev–Trinajstić information content (AvgIpc) is 2.79. The molecule has 0 saturated carbocycles. The largest absolute Gasteiger partial charge is 0.462 e. The van der Waals surface area contributed by atoms with Gasteiger partial charge >= 0.3 is 18.1 Å². The molecule has 2 aromatic carbocycles. The summed E-state index contributed by atoms with van der Waals surface area (Å²) in [7, 11) is 0. The standard InChI is InChI=1S/C23H20BrF3N2O5/c1-3-33-20(31)17-18(21(32)34-4-2)29(16-12-10-15(24)11-13-16)22(23(25,26)27,28-19(17)30)14-8-6-5-7-9-14/h5-13H,3-4H2,1-2H3,(H,28,30). The van der Waals surface area contributed by atoms with Gasteiger partial charge in [0.05, 0.1) is 13.2 Å². The lowest BCUT2D eigenvalue weighted by Crippen LogP contribution is -2.70. The number of hydrogen-bond acceptors (Lipinski definition) is 6. The van der Waals surface area contributed by atoms with Crippen LogP contribution in [0.4, 0.5) is 18.9 Å². The van der Waals surface area contributed by atoms with Crippen molar-refractivity contribution in [1.82, 2.24) is 5.32 Å². The summed E-state index contributed by atoms with van der Waals surface area (Å²) in [6.45, 7) is 2.52. The van der Waals surface area contributed by atoms with Crippen molar-refractivity contribution in [3.05, 3.63) is 75.9 Å². The molecule has 0 spiro atoms. The van der Waals surface area contributed by atoms with E-state index >= 15 is 13.2 Å². The first-order chi connectivity index (χ1) is 16.1. The van der Waals surface area contributed by atoms with Crippen LogP contribution < -0.4 is 10.2 Å². The zero-order valence-electron chi connectivity index (χ0n) is 18.1. The van der Waals surface area contributed by atoms with E-state index in [1.54, 1.807) is 0 Å². The van der Waals surface area contributed by atoms with Crippen LogP contribution >= 0.6 is 15.9 Å². The van der Waals surface area contributed by atoms with E-state index in [-0.39, 0.29) is 24.5 Å². The van der Waals surface area contributed by atoms with Crippen molar-refractivity contribution in [2.24, 2.45) is 0 Å². The van der Waals surface area contributed by atoms with Gasteiger partial charge in [0.25, 0.3) is 5.91 Å². The first kappa shape index (κ1) is 25.3. The van der Waals surface area contributed by atoms with Crippen molar-refractivity contribution >= 4 is 39.5 Å². The smallest absolute Gasteiger partial charge is 0.435 e.